The van der Waals surface area contributed by atoms with Gasteiger partial charge in [-0.1, -0.05) is 12.1 Å². The fourth-order valence-corrected chi connectivity index (χ4v) is 2.85. The molecule has 0 spiro atoms. The summed E-state index contributed by atoms with van der Waals surface area (Å²) in [6.45, 7) is 2.08. The van der Waals surface area contributed by atoms with Gasteiger partial charge in [-0.3, -0.25) is 0 Å². The molecule has 3 rings (SSSR count). The van der Waals surface area contributed by atoms with Crippen molar-refractivity contribution in [3.8, 4) is 5.75 Å². The lowest BCUT2D eigenvalue weighted by Crippen LogP contribution is -2.36. The number of benzene rings is 1. The van der Waals surface area contributed by atoms with E-state index in [1.807, 2.05) is 12.1 Å². The summed E-state index contributed by atoms with van der Waals surface area (Å²) < 4.78 is 5.22. The van der Waals surface area contributed by atoms with E-state index in [2.05, 4.69) is 32.9 Å². The van der Waals surface area contributed by atoms with Crippen LogP contribution in [0, 0.1) is 5.92 Å². The molecule has 1 N–H and O–H groups in total. The van der Waals surface area contributed by atoms with Crippen LogP contribution in [0.15, 0.2) is 30.6 Å². The highest BCUT2D eigenvalue weighted by atomic mass is 16.5. The third kappa shape index (κ3) is 2.65. The third-order valence-corrected chi connectivity index (χ3v) is 3.85. The molecule has 20 heavy (non-hydrogen) atoms. The number of tetrazole rings is 1. The Morgan fingerprint density at radius 1 is 1.35 bits per heavy atom. The van der Waals surface area contributed by atoms with Gasteiger partial charge in [-0.05, 0) is 48.2 Å². The first-order chi connectivity index (χ1) is 9.88. The first-order valence-corrected chi connectivity index (χ1v) is 6.95. The van der Waals surface area contributed by atoms with Crippen molar-refractivity contribution >= 4 is 0 Å². The molecular weight excluding hydrogens is 254 g/mol. The van der Waals surface area contributed by atoms with Crippen molar-refractivity contribution in [3.05, 3.63) is 36.2 Å². The molecule has 1 saturated heterocycles. The van der Waals surface area contributed by atoms with Crippen LogP contribution >= 0.6 is 0 Å². The summed E-state index contributed by atoms with van der Waals surface area (Å²) in [4.78, 5) is 1.72. The van der Waals surface area contributed by atoms with Crippen LogP contribution in [0.4, 0.5) is 0 Å². The van der Waals surface area contributed by atoms with Crippen LogP contribution in [-0.2, 0) is 0 Å². The smallest absolute Gasteiger partial charge is 0.162 e. The van der Waals surface area contributed by atoms with Crippen LogP contribution in [0.3, 0.4) is 0 Å². The monoisotopic (exact) mass is 273 g/mol. The number of ether oxygens (including phenoxy) is 1. The number of rotatable bonds is 4. The highest BCUT2D eigenvalue weighted by molar-refractivity contribution is 5.29. The van der Waals surface area contributed by atoms with Gasteiger partial charge in [0.25, 0.3) is 0 Å². The maximum atomic E-state index is 5.22. The second-order valence-corrected chi connectivity index (χ2v) is 5.08. The lowest BCUT2D eigenvalue weighted by molar-refractivity contribution is 0.261. The van der Waals surface area contributed by atoms with E-state index in [0.29, 0.717) is 5.92 Å². The molecule has 2 atom stereocenters. The molecule has 0 saturated carbocycles. The summed E-state index contributed by atoms with van der Waals surface area (Å²) in [6.07, 6.45) is 3.85. The molecule has 6 nitrogen and oxygen atoms in total. The van der Waals surface area contributed by atoms with E-state index in [-0.39, 0.29) is 6.04 Å². The first-order valence-electron chi connectivity index (χ1n) is 6.95. The lowest BCUT2D eigenvalue weighted by atomic mass is 9.87. The van der Waals surface area contributed by atoms with Crippen LogP contribution in [0.2, 0.25) is 0 Å². The molecule has 0 radical (unpaired) electrons. The Morgan fingerprint density at radius 2 is 2.20 bits per heavy atom. The highest BCUT2D eigenvalue weighted by Crippen LogP contribution is 2.30. The van der Waals surface area contributed by atoms with Gasteiger partial charge in [0, 0.05) is 6.54 Å². The summed E-state index contributed by atoms with van der Waals surface area (Å²) in [5, 5.41) is 15.7. The standard InChI is InChI=1S/C14H19N5O/c1-20-13-6-4-11(5-7-13)14(19-17-10-16-18-19)12-3-2-8-15-9-12/h4-7,10,12,14-15H,2-3,8-9H2,1H3/t12-,14?/m0/s1. The Morgan fingerprint density at radius 3 is 2.80 bits per heavy atom. The van der Waals surface area contributed by atoms with Gasteiger partial charge in [-0.2, -0.15) is 4.80 Å². The summed E-state index contributed by atoms with van der Waals surface area (Å²) in [5.41, 5.74) is 1.19. The number of hydrogen-bond donors (Lipinski definition) is 1. The lowest BCUT2D eigenvalue weighted by Gasteiger charge is -2.30. The van der Waals surface area contributed by atoms with Crippen molar-refractivity contribution in [3.63, 3.8) is 0 Å². The molecule has 1 aromatic carbocycles. The van der Waals surface area contributed by atoms with Crippen LogP contribution < -0.4 is 10.1 Å². The van der Waals surface area contributed by atoms with Crippen molar-refractivity contribution < 1.29 is 4.74 Å². The van der Waals surface area contributed by atoms with Gasteiger partial charge in [0.15, 0.2) is 6.33 Å². The van der Waals surface area contributed by atoms with Crippen LogP contribution in [0.25, 0.3) is 0 Å². The number of methoxy groups -OCH3 is 1. The Balaban J connectivity index is 1.91. The SMILES string of the molecule is COc1ccc(C([C@H]2CCCNC2)n2ncnn2)cc1. The van der Waals surface area contributed by atoms with Gasteiger partial charge >= 0.3 is 0 Å². The van der Waals surface area contributed by atoms with Crippen LogP contribution in [0.1, 0.15) is 24.4 Å². The number of hydrogen-bond acceptors (Lipinski definition) is 5. The Labute approximate surface area is 118 Å². The highest BCUT2D eigenvalue weighted by Gasteiger charge is 2.28. The maximum Gasteiger partial charge on any atom is 0.162 e. The predicted molar refractivity (Wildman–Crippen MR) is 74.5 cm³/mol. The van der Waals surface area contributed by atoms with E-state index >= 15 is 0 Å². The molecule has 1 aromatic heterocycles. The van der Waals surface area contributed by atoms with Gasteiger partial charge in [-0.15, -0.1) is 10.2 Å². The van der Waals surface area contributed by atoms with E-state index in [1.54, 1.807) is 11.9 Å². The molecule has 0 bridgehead atoms. The average Bonchev–Trinajstić information content (AvgIpc) is 3.03. The van der Waals surface area contributed by atoms with Crippen LogP contribution in [0.5, 0.6) is 5.75 Å². The summed E-state index contributed by atoms with van der Waals surface area (Å²) in [7, 11) is 1.68. The number of piperidine rings is 1. The molecule has 1 unspecified atom stereocenters. The normalized spacial score (nSPS) is 20.6. The Bertz CT molecular complexity index is 519. The number of nitrogens with zero attached hydrogens (tertiary/aromatic N) is 4. The molecule has 1 aliphatic heterocycles. The molecule has 2 aromatic rings. The number of aromatic nitrogens is 4. The minimum atomic E-state index is 0.121. The van der Waals surface area contributed by atoms with Crippen molar-refractivity contribution in [1.82, 2.24) is 25.5 Å². The van der Waals surface area contributed by atoms with E-state index in [0.717, 1.165) is 18.8 Å². The third-order valence-electron chi connectivity index (χ3n) is 3.85. The summed E-state index contributed by atoms with van der Waals surface area (Å²) in [6, 6.07) is 8.25. The van der Waals surface area contributed by atoms with Crippen molar-refractivity contribution in [2.45, 2.75) is 18.9 Å². The Hall–Kier alpha value is -1.95. The second-order valence-electron chi connectivity index (χ2n) is 5.08. The molecule has 106 valence electrons. The molecule has 1 aliphatic rings. The van der Waals surface area contributed by atoms with E-state index in [1.165, 1.54) is 24.7 Å². The number of nitrogens with one attached hydrogen (secondary N) is 1. The van der Waals surface area contributed by atoms with Gasteiger partial charge < -0.3 is 10.1 Å². The topological polar surface area (TPSA) is 64.9 Å². The minimum absolute atomic E-state index is 0.121. The second kappa shape index (κ2) is 6.00. The van der Waals surface area contributed by atoms with Gasteiger partial charge in [0.05, 0.1) is 7.11 Å². The fraction of sp³-hybridized carbons (Fsp3) is 0.500. The Kier molecular flexibility index (Phi) is 3.92. The fourth-order valence-electron chi connectivity index (χ4n) is 2.85. The zero-order chi connectivity index (χ0) is 13.8. The van der Waals surface area contributed by atoms with E-state index in [9.17, 15) is 0 Å². The van der Waals surface area contributed by atoms with E-state index < -0.39 is 0 Å². The van der Waals surface area contributed by atoms with Crippen molar-refractivity contribution in [2.24, 2.45) is 5.92 Å². The average molecular weight is 273 g/mol. The molecule has 0 amide bonds. The zero-order valence-corrected chi connectivity index (χ0v) is 11.6. The maximum absolute atomic E-state index is 5.22. The predicted octanol–water partition coefficient (Wildman–Crippen LogP) is 1.27. The first kappa shape index (κ1) is 13.1. The summed E-state index contributed by atoms with van der Waals surface area (Å²) >= 11 is 0. The van der Waals surface area contributed by atoms with Crippen molar-refractivity contribution in [2.75, 3.05) is 20.2 Å². The molecule has 0 aliphatic carbocycles. The van der Waals surface area contributed by atoms with Crippen molar-refractivity contribution in [1.29, 1.82) is 0 Å². The van der Waals surface area contributed by atoms with E-state index in [4.69, 9.17) is 4.74 Å². The molecular formula is C14H19N5O. The van der Waals surface area contributed by atoms with Gasteiger partial charge in [0.2, 0.25) is 0 Å². The van der Waals surface area contributed by atoms with Gasteiger partial charge in [-0.25, -0.2) is 0 Å². The molecule has 6 heteroatoms. The molecule has 1 fully saturated rings. The summed E-state index contributed by atoms with van der Waals surface area (Å²) in [5.74, 6) is 1.34. The van der Waals surface area contributed by atoms with Crippen LogP contribution in [-0.4, -0.2) is 40.4 Å². The largest absolute Gasteiger partial charge is 0.497 e. The molecule has 2 heterocycles. The quantitative estimate of drug-likeness (QED) is 0.909. The zero-order valence-electron chi connectivity index (χ0n) is 11.6. The van der Waals surface area contributed by atoms with Gasteiger partial charge in [0.1, 0.15) is 11.8 Å². The minimum Gasteiger partial charge on any atom is -0.497 e.